The van der Waals surface area contributed by atoms with E-state index in [9.17, 15) is 37.1 Å². The smallest absolute Gasteiger partial charge is 0.424 e. The molecular formula is C35H38F4N4O6S. The molecule has 268 valence electrons. The predicted molar refractivity (Wildman–Crippen MR) is 179 cm³/mol. The van der Waals surface area contributed by atoms with Crippen molar-refractivity contribution in [3.8, 4) is 22.8 Å². The van der Waals surface area contributed by atoms with E-state index < -0.39 is 63.0 Å². The van der Waals surface area contributed by atoms with E-state index in [1.807, 2.05) is 0 Å². The van der Waals surface area contributed by atoms with Gasteiger partial charge in [-0.1, -0.05) is 6.07 Å². The molecule has 4 N–H and O–H groups in total. The minimum absolute atomic E-state index is 0.0689. The van der Waals surface area contributed by atoms with E-state index in [1.165, 1.54) is 31.4 Å². The minimum atomic E-state index is -5.36. The maximum atomic E-state index is 15.0. The molecular weight excluding hydrogens is 680 g/mol. The van der Waals surface area contributed by atoms with Crippen molar-refractivity contribution in [3.63, 3.8) is 0 Å². The van der Waals surface area contributed by atoms with Crippen molar-refractivity contribution in [1.29, 1.82) is 0 Å². The molecule has 0 saturated heterocycles. The Morgan fingerprint density at radius 2 is 1.68 bits per heavy atom. The lowest BCUT2D eigenvalue weighted by Gasteiger charge is -2.33. The number of pyridine rings is 2. The third-order valence-corrected chi connectivity index (χ3v) is 10.1. The summed E-state index contributed by atoms with van der Waals surface area (Å²) in [6, 6.07) is 11.7. The molecule has 1 amide bonds. The van der Waals surface area contributed by atoms with Crippen LogP contribution in [0.25, 0.3) is 22.2 Å². The largest absolute Gasteiger partial charge is 0.598 e. The zero-order valence-electron chi connectivity index (χ0n) is 28.5. The topological polar surface area (TPSA) is 149 Å². The van der Waals surface area contributed by atoms with Gasteiger partial charge in [-0.3, -0.25) is 4.79 Å². The average Bonchev–Trinajstić information content (AvgIpc) is 3.36. The molecule has 0 saturated carbocycles. The van der Waals surface area contributed by atoms with Gasteiger partial charge < -0.3 is 29.6 Å². The number of amides is 1. The van der Waals surface area contributed by atoms with E-state index in [2.05, 4.69) is 20.0 Å². The van der Waals surface area contributed by atoms with Gasteiger partial charge in [-0.15, -0.1) is 4.72 Å². The van der Waals surface area contributed by atoms with Gasteiger partial charge in [-0.2, -0.15) is 13.2 Å². The van der Waals surface area contributed by atoms with Crippen LogP contribution in [-0.4, -0.2) is 61.8 Å². The standard InChI is InChI=1S/C35H38F4N4O6S/c1-31(2,3)50(47)43-33(6)18-49-29-23(33)16-26(42-28(29)19-8-11-22(36)12-9-19)34(46,35(37,38)39)17-40-30(44)21-14-20-10-13-25(32(4,5)45)41-27(20)24(15-21)48-7/h8-16,43,45-46H,17-18H2,1-7H3,(H,40,44)/t33-,34-,50?/m1/s1. The van der Waals surface area contributed by atoms with Crippen LogP contribution in [0.1, 0.15) is 68.9 Å². The molecule has 5 rings (SSSR count). The van der Waals surface area contributed by atoms with Gasteiger partial charge in [0.2, 0.25) is 5.60 Å². The minimum Gasteiger partial charge on any atom is -0.598 e. The van der Waals surface area contributed by atoms with Crippen LogP contribution in [0, 0.1) is 5.82 Å². The van der Waals surface area contributed by atoms with Crippen molar-refractivity contribution in [2.24, 2.45) is 0 Å². The molecule has 4 aromatic rings. The number of aromatic nitrogens is 2. The number of methoxy groups -OCH3 is 1. The van der Waals surface area contributed by atoms with Crippen LogP contribution in [-0.2, 0) is 28.1 Å². The van der Waals surface area contributed by atoms with Gasteiger partial charge in [-0.25, -0.2) is 14.4 Å². The summed E-state index contributed by atoms with van der Waals surface area (Å²) in [6.45, 7) is 8.37. The van der Waals surface area contributed by atoms with Crippen molar-refractivity contribution in [1.82, 2.24) is 20.0 Å². The van der Waals surface area contributed by atoms with Gasteiger partial charge in [0.25, 0.3) is 5.91 Å². The van der Waals surface area contributed by atoms with E-state index >= 15 is 0 Å². The molecule has 0 aliphatic carbocycles. The number of hydrogen-bond acceptors (Lipinski definition) is 9. The van der Waals surface area contributed by atoms with Crippen LogP contribution in [0.5, 0.6) is 11.5 Å². The summed E-state index contributed by atoms with van der Waals surface area (Å²) in [6.07, 6.45) is -5.36. The summed E-state index contributed by atoms with van der Waals surface area (Å²) in [5.74, 6) is -1.36. The molecule has 1 aliphatic rings. The maximum Gasteiger partial charge on any atom is 0.424 e. The number of fused-ring (bicyclic) bond motifs is 2. The van der Waals surface area contributed by atoms with E-state index in [4.69, 9.17) is 9.47 Å². The lowest BCUT2D eigenvalue weighted by Crippen LogP contribution is -2.52. The summed E-state index contributed by atoms with van der Waals surface area (Å²) >= 11 is -1.69. The Morgan fingerprint density at radius 3 is 2.26 bits per heavy atom. The Morgan fingerprint density at radius 1 is 1.02 bits per heavy atom. The molecule has 3 atom stereocenters. The van der Waals surface area contributed by atoms with Gasteiger partial charge >= 0.3 is 6.18 Å². The number of carbonyl (C=O) groups is 1. The summed E-state index contributed by atoms with van der Waals surface area (Å²) in [4.78, 5) is 22.0. The van der Waals surface area contributed by atoms with Crippen molar-refractivity contribution in [3.05, 3.63) is 82.9 Å². The molecule has 0 radical (unpaired) electrons. The third-order valence-electron chi connectivity index (χ3n) is 8.33. The molecule has 1 unspecified atom stereocenters. The van der Waals surface area contributed by atoms with E-state index in [-0.39, 0.29) is 40.5 Å². The first kappa shape index (κ1) is 37.2. The maximum absolute atomic E-state index is 15.0. The number of nitrogens with zero attached hydrogens (tertiary/aromatic N) is 2. The average molecular weight is 719 g/mol. The predicted octanol–water partition coefficient (Wildman–Crippen LogP) is 5.51. The first-order valence-corrected chi connectivity index (χ1v) is 16.7. The van der Waals surface area contributed by atoms with Crippen molar-refractivity contribution in [2.45, 2.75) is 69.2 Å². The van der Waals surface area contributed by atoms with Crippen molar-refractivity contribution < 1.29 is 46.6 Å². The SMILES string of the molecule is COc1cc(C(=O)NC[C@@](O)(c2cc3c(c(-c4ccc(F)cc4)n2)OC[C@@]3(C)N[S+]([O-])C(C)(C)C)C(F)(F)F)cc2ccc(C(C)(C)O)nc12. The van der Waals surface area contributed by atoms with Gasteiger partial charge in [0.1, 0.15) is 45.3 Å². The lowest BCUT2D eigenvalue weighted by molar-refractivity contribution is -0.265. The molecule has 2 aromatic carbocycles. The van der Waals surface area contributed by atoms with Gasteiger partial charge in [0.15, 0.2) is 5.75 Å². The van der Waals surface area contributed by atoms with E-state index in [0.29, 0.717) is 16.6 Å². The van der Waals surface area contributed by atoms with E-state index in [0.717, 1.165) is 18.2 Å². The normalized spacial score (nSPS) is 18.3. The highest BCUT2D eigenvalue weighted by Crippen LogP contribution is 2.47. The van der Waals surface area contributed by atoms with Gasteiger partial charge in [-0.05, 0) is 90.1 Å². The molecule has 0 fully saturated rings. The van der Waals surface area contributed by atoms with Crippen LogP contribution in [0.15, 0.2) is 54.6 Å². The summed E-state index contributed by atoms with van der Waals surface area (Å²) in [5, 5.41) is 24.5. The second kappa shape index (κ2) is 12.9. The highest BCUT2D eigenvalue weighted by atomic mass is 32.2. The molecule has 1 aliphatic heterocycles. The number of alkyl halides is 3. The number of aliphatic hydroxyl groups is 2. The van der Waals surface area contributed by atoms with Gasteiger partial charge in [0.05, 0.1) is 25.0 Å². The Labute approximate surface area is 289 Å². The summed E-state index contributed by atoms with van der Waals surface area (Å²) in [7, 11) is 1.33. The summed E-state index contributed by atoms with van der Waals surface area (Å²) < 4.78 is 85.4. The Balaban J connectivity index is 1.57. The Hall–Kier alpha value is -4.02. The lowest BCUT2D eigenvalue weighted by atomic mass is 9.89. The second-order valence-electron chi connectivity index (χ2n) is 13.9. The van der Waals surface area contributed by atoms with Crippen molar-refractivity contribution in [2.75, 3.05) is 20.3 Å². The first-order valence-electron chi connectivity index (χ1n) is 15.5. The molecule has 0 spiro atoms. The third kappa shape index (κ3) is 7.10. The molecule has 0 bridgehead atoms. The van der Waals surface area contributed by atoms with Crippen LogP contribution in [0.3, 0.4) is 0 Å². The number of benzene rings is 2. The monoisotopic (exact) mass is 718 g/mol. The number of nitrogens with one attached hydrogen (secondary N) is 2. The number of hydrogen-bond donors (Lipinski definition) is 4. The molecule has 50 heavy (non-hydrogen) atoms. The van der Waals surface area contributed by atoms with Crippen LogP contribution < -0.4 is 19.5 Å². The number of rotatable bonds is 9. The number of carbonyl (C=O) groups excluding carboxylic acids is 1. The first-order chi connectivity index (χ1) is 23.1. The second-order valence-corrected chi connectivity index (χ2v) is 15.9. The fraction of sp³-hybridized carbons (Fsp3) is 0.400. The van der Waals surface area contributed by atoms with Crippen LogP contribution in [0.4, 0.5) is 17.6 Å². The zero-order chi connectivity index (χ0) is 37.0. The number of ether oxygens (including phenoxy) is 2. The molecule has 2 aromatic heterocycles. The van der Waals surface area contributed by atoms with Crippen molar-refractivity contribution >= 4 is 28.2 Å². The highest BCUT2D eigenvalue weighted by Gasteiger charge is 2.57. The highest BCUT2D eigenvalue weighted by molar-refractivity contribution is 7.90. The quantitative estimate of drug-likeness (QED) is 0.130. The van der Waals surface area contributed by atoms with Crippen LogP contribution >= 0.6 is 0 Å². The zero-order valence-corrected chi connectivity index (χ0v) is 29.3. The Bertz CT molecular complexity index is 1930. The van der Waals surface area contributed by atoms with Crippen LogP contribution in [0.2, 0.25) is 0 Å². The molecule has 3 heterocycles. The number of halogens is 4. The summed E-state index contributed by atoms with van der Waals surface area (Å²) in [5.41, 5.74) is -6.40. The van der Waals surface area contributed by atoms with Gasteiger partial charge in [0, 0.05) is 33.4 Å². The fourth-order valence-electron chi connectivity index (χ4n) is 5.32. The van der Waals surface area contributed by atoms with E-state index in [1.54, 1.807) is 53.7 Å². The fourth-order valence-corrected chi connectivity index (χ4v) is 6.20. The molecule has 15 heteroatoms. The molecule has 10 nitrogen and oxygen atoms in total. The Kier molecular flexibility index (Phi) is 9.64.